The lowest BCUT2D eigenvalue weighted by atomic mass is 10.1. The molecule has 1 amide bonds. The molecular weight excluding hydrogens is 256 g/mol. The van der Waals surface area contributed by atoms with E-state index in [1.165, 1.54) is 0 Å². The van der Waals surface area contributed by atoms with E-state index in [0.717, 1.165) is 31.7 Å². The molecule has 1 aromatic carbocycles. The number of tetrazole rings is 1. The summed E-state index contributed by atoms with van der Waals surface area (Å²) in [7, 11) is 2.07. The maximum absolute atomic E-state index is 12.5. The molecule has 1 aliphatic heterocycles. The van der Waals surface area contributed by atoms with Crippen molar-refractivity contribution in [2.24, 2.45) is 0 Å². The van der Waals surface area contributed by atoms with Gasteiger partial charge in [-0.1, -0.05) is 12.1 Å². The van der Waals surface area contributed by atoms with Crippen LogP contribution in [0.5, 0.6) is 0 Å². The lowest BCUT2D eigenvalue weighted by Gasteiger charge is -2.32. The molecule has 0 bridgehead atoms. The van der Waals surface area contributed by atoms with Crippen LogP contribution in [0.3, 0.4) is 0 Å². The molecule has 104 valence electrons. The summed E-state index contributed by atoms with van der Waals surface area (Å²) in [6.45, 7) is 3.36. The summed E-state index contributed by atoms with van der Waals surface area (Å²) in [4.78, 5) is 16.6. The van der Waals surface area contributed by atoms with Crippen molar-refractivity contribution in [1.29, 1.82) is 0 Å². The molecule has 2 aromatic rings. The second-order valence-electron chi connectivity index (χ2n) is 4.91. The molecule has 0 radical (unpaired) electrons. The Kier molecular flexibility index (Phi) is 3.42. The number of H-pyrrole nitrogens is 1. The van der Waals surface area contributed by atoms with Gasteiger partial charge in [0, 0.05) is 37.3 Å². The zero-order valence-corrected chi connectivity index (χ0v) is 11.3. The highest BCUT2D eigenvalue weighted by Gasteiger charge is 2.20. The minimum absolute atomic E-state index is 0.0587. The van der Waals surface area contributed by atoms with E-state index in [1.807, 2.05) is 29.2 Å². The summed E-state index contributed by atoms with van der Waals surface area (Å²) in [5.74, 6) is 0.557. The maximum Gasteiger partial charge on any atom is 0.253 e. The van der Waals surface area contributed by atoms with Crippen molar-refractivity contribution in [2.45, 2.75) is 0 Å². The Morgan fingerprint density at radius 3 is 2.75 bits per heavy atom. The largest absolute Gasteiger partial charge is 0.336 e. The zero-order chi connectivity index (χ0) is 13.9. The van der Waals surface area contributed by atoms with Crippen molar-refractivity contribution in [3.05, 3.63) is 29.8 Å². The van der Waals surface area contributed by atoms with Gasteiger partial charge in [-0.25, -0.2) is 0 Å². The van der Waals surface area contributed by atoms with Gasteiger partial charge in [-0.3, -0.25) is 4.79 Å². The lowest BCUT2D eigenvalue weighted by Crippen LogP contribution is -2.47. The van der Waals surface area contributed by atoms with Crippen LogP contribution < -0.4 is 0 Å². The Morgan fingerprint density at radius 1 is 1.25 bits per heavy atom. The lowest BCUT2D eigenvalue weighted by molar-refractivity contribution is 0.0664. The smallest absolute Gasteiger partial charge is 0.253 e. The summed E-state index contributed by atoms with van der Waals surface area (Å²) in [6.07, 6.45) is 0. The number of hydrogen-bond donors (Lipinski definition) is 1. The molecule has 1 aromatic heterocycles. The minimum atomic E-state index is 0.0587. The van der Waals surface area contributed by atoms with Gasteiger partial charge in [0.2, 0.25) is 5.82 Å². The molecule has 1 N–H and O–H groups in total. The molecule has 7 heteroatoms. The molecule has 7 nitrogen and oxygen atoms in total. The fourth-order valence-electron chi connectivity index (χ4n) is 2.27. The molecule has 1 aliphatic rings. The van der Waals surface area contributed by atoms with E-state index in [9.17, 15) is 4.79 Å². The number of piperazine rings is 1. The maximum atomic E-state index is 12.5. The summed E-state index contributed by atoms with van der Waals surface area (Å²) in [6, 6.07) is 7.34. The van der Waals surface area contributed by atoms with Crippen molar-refractivity contribution in [1.82, 2.24) is 30.4 Å². The van der Waals surface area contributed by atoms with E-state index in [1.54, 1.807) is 0 Å². The van der Waals surface area contributed by atoms with Gasteiger partial charge in [0.05, 0.1) is 0 Å². The molecular formula is C13H16N6O. The van der Waals surface area contributed by atoms with Crippen LogP contribution in [-0.2, 0) is 0 Å². The van der Waals surface area contributed by atoms with Crippen LogP contribution in [0.1, 0.15) is 10.4 Å². The highest BCUT2D eigenvalue weighted by atomic mass is 16.2. The predicted octanol–water partition coefficient (Wildman–Crippen LogP) is 0.254. The van der Waals surface area contributed by atoms with E-state index in [2.05, 4.69) is 32.6 Å². The zero-order valence-electron chi connectivity index (χ0n) is 11.3. The van der Waals surface area contributed by atoms with E-state index < -0.39 is 0 Å². The third kappa shape index (κ3) is 2.53. The number of rotatable bonds is 2. The molecule has 20 heavy (non-hydrogen) atoms. The number of nitrogens with zero attached hydrogens (tertiary/aromatic N) is 5. The van der Waals surface area contributed by atoms with E-state index >= 15 is 0 Å². The van der Waals surface area contributed by atoms with Crippen LogP contribution in [0.2, 0.25) is 0 Å². The number of carbonyl (C=O) groups is 1. The van der Waals surface area contributed by atoms with Crippen LogP contribution >= 0.6 is 0 Å². The van der Waals surface area contributed by atoms with Gasteiger partial charge < -0.3 is 9.80 Å². The summed E-state index contributed by atoms with van der Waals surface area (Å²) < 4.78 is 0. The first-order valence-corrected chi connectivity index (χ1v) is 6.56. The number of hydrogen-bond acceptors (Lipinski definition) is 5. The Hall–Kier alpha value is -2.28. The van der Waals surface area contributed by atoms with Gasteiger partial charge in [0.25, 0.3) is 5.91 Å². The van der Waals surface area contributed by atoms with Gasteiger partial charge in [0.1, 0.15) is 0 Å². The average molecular weight is 272 g/mol. The third-order valence-corrected chi connectivity index (χ3v) is 3.50. The minimum Gasteiger partial charge on any atom is -0.336 e. The Bertz CT molecular complexity index is 589. The third-order valence-electron chi connectivity index (χ3n) is 3.50. The molecule has 0 spiro atoms. The molecule has 2 heterocycles. The van der Waals surface area contributed by atoms with Crippen LogP contribution in [0, 0.1) is 0 Å². The van der Waals surface area contributed by atoms with Gasteiger partial charge in [-0.05, 0) is 24.4 Å². The highest BCUT2D eigenvalue weighted by molar-refractivity contribution is 5.95. The summed E-state index contributed by atoms with van der Waals surface area (Å²) in [5.41, 5.74) is 1.45. The van der Waals surface area contributed by atoms with Gasteiger partial charge in [0.15, 0.2) is 0 Å². The van der Waals surface area contributed by atoms with Gasteiger partial charge in [-0.2, -0.15) is 5.21 Å². The first-order valence-electron chi connectivity index (χ1n) is 6.56. The Labute approximate surface area is 116 Å². The van der Waals surface area contributed by atoms with E-state index in [4.69, 9.17) is 0 Å². The van der Waals surface area contributed by atoms with E-state index in [-0.39, 0.29) is 5.91 Å². The van der Waals surface area contributed by atoms with Crippen molar-refractivity contribution >= 4 is 5.91 Å². The van der Waals surface area contributed by atoms with Crippen molar-refractivity contribution in [3.63, 3.8) is 0 Å². The number of amides is 1. The molecule has 0 unspecified atom stereocenters. The van der Waals surface area contributed by atoms with Crippen LogP contribution in [0.25, 0.3) is 11.4 Å². The van der Waals surface area contributed by atoms with Crippen LogP contribution in [0.4, 0.5) is 0 Å². The second kappa shape index (κ2) is 5.38. The number of nitrogens with one attached hydrogen (secondary N) is 1. The first kappa shape index (κ1) is 12.7. The average Bonchev–Trinajstić information content (AvgIpc) is 3.02. The van der Waals surface area contributed by atoms with Gasteiger partial charge in [-0.15, -0.1) is 10.2 Å². The normalized spacial score (nSPS) is 16.4. The van der Waals surface area contributed by atoms with E-state index in [0.29, 0.717) is 11.4 Å². The molecule has 0 saturated carbocycles. The molecule has 1 saturated heterocycles. The monoisotopic (exact) mass is 272 g/mol. The van der Waals surface area contributed by atoms with Crippen molar-refractivity contribution in [3.8, 4) is 11.4 Å². The van der Waals surface area contributed by atoms with Crippen molar-refractivity contribution in [2.75, 3.05) is 33.2 Å². The molecule has 3 rings (SSSR count). The molecule has 1 fully saturated rings. The number of carbonyl (C=O) groups excluding carboxylic acids is 1. The summed E-state index contributed by atoms with van der Waals surface area (Å²) >= 11 is 0. The second-order valence-corrected chi connectivity index (χ2v) is 4.91. The Morgan fingerprint density at radius 2 is 2.05 bits per heavy atom. The first-order chi connectivity index (χ1) is 9.74. The summed E-state index contributed by atoms with van der Waals surface area (Å²) in [5, 5.41) is 13.8. The standard InChI is InChI=1S/C13H16N6O/c1-18-5-7-19(8-6-18)13(20)11-4-2-3-10(9-11)12-14-16-17-15-12/h2-4,9H,5-8H2,1H3,(H,14,15,16,17). The predicted molar refractivity (Wildman–Crippen MR) is 73.0 cm³/mol. The topological polar surface area (TPSA) is 78.0 Å². The molecule has 0 atom stereocenters. The fraction of sp³-hybridized carbons (Fsp3) is 0.385. The number of aromatic amines is 1. The number of benzene rings is 1. The van der Waals surface area contributed by atoms with Crippen LogP contribution in [0.15, 0.2) is 24.3 Å². The highest BCUT2D eigenvalue weighted by Crippen LogP contribution is 2.16. The number of aromatic nitrogens is 4. The van der Waals surface area contributed by atoms with Crippen LogP contribution in [-0.4, -0.2) is 69.6 Å². The fourth-order valence-corrected chi connectivity index (χ4v) is 2.27. The number of likely N-dealkylation sites (N-methyl/N-ethyl adjacent to an activating group) is 1. The quantitative estimate of drug-likeness (QED) is 0.848. The van der Waals surface area contributed by atoms with Gasteiger partial charge >= 0.3 is 0 Å². The van der Waals surface area contributed by atoms with Crippen molar-refractivity contribution < 1.29 is 4.79 Å². The SMILES string of the molecule is CN1CCN(C(=O)c2cccc(-c3nn[nH]n3)c2)CC1. The Balaban J connectivity index is 1.80. The molecule has 0 aliphatic carbocycles.